The van der Waals surface area contributed by atoms with Gasteiger partial charge >= 0.3 is 5.97 Å². The van der Waals surface area contributed by atoms with Crippen molar-refractivity contribution in [2.24, 2.45) is 23.2 Å². The van der Waals surface area contributed by atoms with Crippen molar-refractivity contribution in [1.82, 2.24) is 4.90 Å². The summed E-state index contributed by atoms with van der Waals surface area (Å²) in [6.45, 7) is 1.32. The Labute approximate surface area is 193 Å². The van der Waals surface area contributed by atoms with Crippen LogP contribution >= 0.6 is 0 Å². The maximum Gasteiger partial charge on any atom is 0.308 e. The molecule has 1 unspecified atom stereocenters. The summed E-state index contributed by atoms with van der Waals surface area (Å²) in [7, 11) is 0. The van der Waals surface area contributed by atoms with Gasteiger partial charge in [0.05, 0.1) is 17.5 Å². The zero-order valence-electron chi connectivity index (χ0n) is 19.0. The lowest BCUT2D eigenvalue weighted by atomic mass is 9.49. The molecular formula is C26H30N2O5. The van der Waals surface area contributed by atoms with E-state index in [1.165, 1.54) is 31.1 Å². The minimum absolute atomic E-state index is 0.0408. The maximum absolute atomic E-state index is 14.1. The minimum Gasteiger partial charge on any atom is -0.427 e. The second kappa shape index (κ2) is 7.40. The molecule has 1 aromatic carbocycles. The number of rotatable bonds is 5. The first-order valence-electron chi connectivity index (χ1n) is 12.3. The highest BCUT2D eigenvalue weighted by Crippen LogP contribution is 2.61. The summed E-state index contributed by atoms with van der Waals surface area (Å²) in [6, 6.07) is 5.74. The van der Waals surface area contributed by atoms with Gasteiger partial charge < -0.3 is 9.64 Å². The molecule has 3 amide bonds. The van der Waals surface area contributed by atoms with Crippen LogP contribution in [0.5, 0.6) is 5.75 Å². The molecule has 6 aliphatic rings. The fraction of sp³-hybridized carbons (Fsp3) is 0.615. The molecule has 7 heteroatoms. The van der Waals surface area contributed by atoms with Gasteiger partial charge in [-0.25, -0.2) is 4.90 Å². The van der Waals surface area contributed by atoms with Crippen molar-refractivity contribution in [2.45, 2.75) is 76.8 Å². The van der Waals surface area contributed by atoms with Crippen molar-refractivity contribution in [3.63, 3.8) is 0 Å². The van der Waals surface area contributed by atoms with Crippen molar-refractivity contribution in [2.75, 3.05) is 4.90 Å². The fourth-order valence-corrected chi connectivity index (χ4v) is 7.49. The lowest BCUT2D eigenvalue weighted by Crippen LogP contribution is -2.58. The van der Waals surface area contributed by atoms with Gasteiger partial charge in [-0.05, 0) is 93.4 Å². The van der Waals surface area contributed by atoms with E-state index in [-0.39, 0.29) is 35.6 Å². The van der Waals surface area contributed by atoms with Crippen molar-refractivity contribution in [3.05, 3.63) is 24.3 Å². The van der Waals surface area contributed by atoms with Crippen LogP contribution in [-0.2, 0) is 19.2 Å². The van der Waals surface area contributed by atoms with Crippen LogP contribution in [0.2, 0.25) is 0 Å². The fourth-order valence-electron chi connectivity index (χ4n) is 7.49. The van der Waals surface area contributed by atoms with E-state index in [1.807, 2.05) is 4.90 Å². The van der Waals surface area contributed by atoms with Crippen LogP contribution < -0.4 is 9.64 Å². The van der Waals surface area contributed by atoms with Crippen molar-refractivity contribution < 1.29 is 23.9 Å². The van der Waals surface area contributed by atoms with E-state index >= 15 is 0 Å². The molecule has 1 aliphatic heterocycles. The number of anilines is 1. The lowest BCUT2D eigenvalue weighted by molar-refractivity contribution is -0.162. The number of hydrogen-bond donors (Lipinski definition) is 0. The van der Waals surface area contributed by atoms with E-state index in [4.69, 9.17) is 4.74 Å². The Balaban J connectivity index is 1.25. The Hall–Kier alpha value is -2.70. The highest BCUT2D eigenvalue weighted by molar-refractivity contribution is 6.23. The predicted molar refractivity (Wildman–Crippen MR) is 119 cm³/mol. The van der Waals surface area contributed by atoms with Crippen molar-refractivity contribution >= 4 is 29.4 Å². The third-order valence-corrected chi connectivity index (χ3v) is 8.48. The SMILES string of the molecule is CC(=O)Oc1ccc(N2C(=O)CC(N(C(=O)C34CC5CC(CC(C5)C3)C4)C3CC3)C2=O)cc1. The Kier molecular flexibility index (Phi) is 4.68. The summed E-state index contributed by atoms with van der Waals surface area (Å²) in [6.07, 6.45) is 8.50. The number of carbonyl (C=O) groups excluding carboxylic acids is 4. The molecule has 0 spiro atoms. The quantitative estimate of drug-likeness (QED) is 0.390. The van der Waals surface area contributed by atoms with Crippen LogP contribution in [0.25, 0.3) is 0 Å². The van der Waals surface area contributed by atoms with E-state index < -0.39 is 12.0 Å². The van der Waals surface area contributed by atoms with Gasteiger partial charge in [-0.2, -0.15) is 0 Å². The molecule has 4 bridgehead atoms. The monoisotopic (exact) mass is 450 g/mol. The number of nitrogens with zero attached hydrogens (tertiary/aromatic N) is 2. The smallest absolute Gasteiger partial charge is 0.308 e. The molecule has 33 heavy (non-hydrogen) atoms. The normalized spacial score (nSPS) is 34.6. The van der Waals surface area contributed by atoms with E-state index in [0.717, 1.165) is 32.1 Å². The Morgan fingerprint density at radius 3 is 2.06 bits per heavy atom. The number of ether oxygens (including phenoxy) is 1. The van der Waals surface area contributed by atoms with Gasteiger partial charge in [0.15, 0.2) is 0 Å². The summed E-state index contributed by atoms with van der Waals surface area (Å²) in [4.78, 5) is 54.8. The summed E-state index contributed by atoms with van der Waals surface area (Å²) < 4.78 is 5.05. The van der Waals surface area contributed by atoms with E-state index in [1.54, 1.807) is 24.3 Å². The van der Waals surface area contributed by atoms with Gasteiger partial charge in [-0.1, -0.05) is 0 Å². The second-order valence-electron chi connectivity index (χ2n) is 11.0. The molecular weight excluding hydrogens is 420 g/mol. The molecule has 6 fully saturated rings. The topological polar surface area (TPSA) is 84.0 Å². The van der Waals surface area contributed by atoms with E-state index in [2.05, 4.69) is 0 Å². The highest BCUT2D eigenvalue weighted by atomic mass is 16.5. The molecule has 1 saturated heterocycles. The molecule has 1 aromatic rings. The van der Waals surface area contributed by atoms with Gasteiger partial charge in [0.1, 0.15) is 11.8 Å². The van der Waals surface area contributed by atoms with Crippen LogP contribution in [0.4, 0.5) is 5.69 Å². The summed E-state index contributed by atoms with van der Waals surface area (Å²) >= 11 is 0. The highest BCUT2D eigenvalue weighted by Gasteiger charge is 2.59. The predicted octanol–water partition coefficient (Wildman–Crippen LogP) is 3.45. The van der Waals surface area contributed by atoms with Crippen LogP contribution in [0.3, 0.4) is 0 Å². The molecule has 0 radical (unpaired) electrons. The van der Waals surface area contributed by atoms with Crippen molar-refractivity contribution in [3.8, 4) is 5.75 Å². The summed E-state index contributed by atoms with van der Waals surface area (Å²) in [5.41, 5.74) is 0.126. The Bertz CT molecular complexity index is 992. The van der Waals surface area contributed by atoms with Crippen LogP contribution in [0.1, 0.15) is 64.7 Å². The van der Waals surface area contributed by atoms with E-state index in [0.29, 0.717) is 29.2 Å². The van der Waals surface area contributed by atoms with Crippen LogP contribution in [0.15, 0.2) is 24.3 Å². The number of carbonyl (C=O) groups is 4. The minimum atomic E-state index is -0.710. The standard InChI is InChI=1S/C26H30N2O5/c1-15(29)33-21-6-4-20(5-7-21)28-23(30)11-22(24(28)31)27(19-2-3-19)25(32)26-12-16-8-17(13-26)10-18(9-16)14-26/h4-7,16-19,22H,2-3,8-14H2,1H3. The molecule has 1 atom stereocenters. The number of esters is 1. The molecule has 5 aliphatic carbocycles. The van der Waals surface area contributed by atoms with Gasteiger partial charge in [-0.3, -0.25) is 19.2 Å². The largest absolute Gasteiger partial charge is 0.427 e. The number of imide groups is 1. The van der Waals surface area contributed by atoms with Crippen molar-refractivity contribution in [1.29, 1.82) is 0 Å². The van der Waals surface area contributed by atoms with Gasteiger partial charge in [0.2, 0.25) is 11.8 Å². The number of hydrogen-bond acceptors (Lipinski definition) is 5. The zero-order chi connectivity index (χ0) is 22.9. The average Bonchev–Trinajstić information content (AvgIpc) is 3.53. The number of amides is 3. The third-order valence-electron chi connectivity index (χ3n) is 8.48. The molecule has 174 valence electrons. The first kappa shape index (κ1) is 20.9. The van der Waals surface area contributed by atoms with Gasteiger partial charge in [-0.15, -0.1) is 0 Å². The Morgan fingerprint density at radius 2 is 1.55 bits per heavy atom. The lowest BCUT2D eigenvalue weighted by Gasteiger charge is -2.57. The molecule has 0 aromatic heterocycles. The molecule has 7 nitrogen and oxygen atoms in total. The van der Waals surface area contributed by atoms with Gasteiger partial charge in [0.25, 0.3) is 5.91 Å². The number of benzene rings is 1. The average molecular weight is 451 g/mol. The van der Waals surface area contributed by atoms with E-state index in [9.17, 15) is 19.2 Å². The maximum atomic E-state index is 14.1. The first-order chi connectivity index (χ1) is 15.8. The van der Waals surface area contributed by atoms with Crippen LogP contribution in [-0.4, -0.2) is 40.7 Å². The molecule has 5 saturated carbocycles. The van der Waals surface area contributed by atoms with Gasteiger partial charge in [0, 0.05) is 13.0 Å². The van der Waals surface area contributed by atoms with Crippen LogP contribution in [0, 0.1) is 23.2 Å². The summed E-state index contributed by atoms with van der Waals surface area (Å²) in [5, 5.41) is 0. The molecule has 1 heterocycles. The zero-order valence-corrected chi connectivity index (χ0v) is 19.0. The first-order valence-corrected chi connectivity index (χ1v) is 12.3. The Morgan fingerprint density at radius 1 is 0.970 bits per heavy atom. The summed E-state index contributed by atoms with van der Waals surface area (Å²) in [5.74, 6) is 1.41. The second-order valence-corrected chi connectivity index (χ2v) is 11.0. The molecule has 7 rings (SSSR count). The molecule has 0 N–H and O–H groups in total. The third kappa shape index (κ3) is 3.47.